The second-order valence-electron chi connectivity index (χ2n) is 4.27. The summed E-state index contributed by atoms with van der Waals surface area (Å²) in [4.78, 5) is 17.5. The number of nitrogens with two attached hydrogens (primary N) is 1. The number of rotatable bonds is 3. The van der Waals surface area contributed by atoms with Crippen molar-refractivity contribution in [1.29, 1.82) is 0 Å². The first-order valence-corrected chi connectivity index (χ1v) is 6.81. The molecule has 0 amide bonds. The Morgan fingerprint density at radius 3 is 2.89 bits per heavy atom. The van der Waals surface area contributed by atoms with Gasteiger partial charge in [-0.3, -0.25) is 9.78 Å². The molecule has 2 aromatic heterocycles. The van der Waals surface area contributed by atoms with E-state index >= 15 is 0 Å². The van der Waals surface area contributed by atoms with Crippen molar-refractivity contribution in [3.63, 3.8) is 0 Å². The molecule has 1 atom stereocenters. The van der Waals surface area contributed by atoms with E-state index in [9.17, 15) is 4.79 Å². The number of pyridine rings is 1. The van der Waals surface area contributed by atoms with Gasteiger partial charge in [0.2, 0.25) is 0 Å². The molecule has 94 valence electrons. The smallest absolute Gasteiger partial charge is 0.184 e. The van der Waals surface area contributed by atoms with E-state index in [-0.39, 0.29) is 5.78 Å². The molecular formula is C15H12N2OS. The number of benzene rings is 1. The van der Waals surface area contributed by atoms with Crippen molar-refractivity contribution in [3.8, 4) is 0 Å². The standard InChI is InChI=1S/C15H12N2OS/c16-14(13-4-2-8-19-13)15(18)11-6-5-10-3-1-7-17-12(10)9-11/h1-9,14H,16H2. The summed E-state index contributed by atoms with van der Waals surface area (Å²) in [7, 11) is 0. The molecule has 0 saturated carbocycles. The van der Waals surface area contributed by atoms with E-state index in [1.807, 2.05) is 35.7 Å². The van der Waals surface area contributed by atoms with Crippen LogP contribution in [0.5, 0.6) is 0 Å². The highest BCUT2D eigenvalue weighted by atomic mass is 32.1. The van der Waals surface area contributed by atoms with Crippen LogP contribution in [-0.2, 0) is 0 Å². The van der Waals surface area contributed by atoms with Crippen molar-refractivity contribution >= 4 is 28.0 Å². The number of thiophene rings is 1. The maximum atomic E-state index is 12.3. The maximum Gasteiger partial charge on any atom is 0.184 e. The van der Waals surface area contributed by atoms with Crippen LogP contribution in [0.2, 0.25) is 0 Å². The molecule has 0 aliphatic heterocycles. The lowest BCUT2D eigenvalue weighted by molar-refractivity contribution is 0.0963. The van der Waals surface area contributed by atoms with Crippen LogP contribution in [0.1, 0.15) is 21.3 Å². The van der Waals surface area contributed by atoms with Gasteiger partial charge in [-0.15, -0.1) is 11.3 Å². The average molecular weight is 268 g/mol. The Morgan fingerprint density at radius 1 is 1.21 bits per heavy atom. The molecule has 1 unspecified atom stereocenters. The normalized spacial score (nSPS) is 12.5. The fourth-order valence-corrected chi connectivity index (χ4v) is 2.72. The second-order valence-corrected chi connectivity index (χ2v) is 5.25. The van der Waals surface area contributed by atoms with E-state index in [4.69, 9.17) is 5.73 Å². The number of ketones is 1. The van der Waals surface area contributed by atoms with Gasteiger partial charge < -0.3 is 5.73 Å². The fraction of sp³-hybridized carbons (Fsp3) is 0.0667. The summed E-state index contributed by atoms with van der Waals surface area (Å²) in [6, 6.07) is 12.5. The SMILES string of the molecule is NC(C(=O)c1ccc2cccnc2c1)c1cccs1. The van der Waals surface area contributed by atoms with Gasteiger partial charge in [-0.2, -0.15) is 0 Å². The summed E-state index contributed by atoms with van der Waals surface area (Å²) in [5.74, 6) is -0.0741. The molecule has 0 radical (unpaired) electrons. The summed E-state index contributed by atoms with van der Waals surface area (Å²) in [6.07, 6.45) is 1.72. The number of fused-ring (bicyclic) bond motifs is 1. The van der Waals surface area contributed by atoms with Gasteiger partial charge in [0.25, 0.3) is 0 Å². The highest BCUT2D eigenvalue weighted by molar-refractivity contribution is 7.10. The Bertz CT molecular complexity index is 722. The predicted octanol–water partition coefficient (Wildman–Crippen LogP) is 3.18. The van der Waals surface area contributed by atoms with Crippen LogP contribution >= 0.6 is 11.3 Å². The van der Waals surface area contributed by atoms with Gasteiger partial charge in [-0.25, -0.2) is 0 Å². The zero-order chi connectivity index (χ0) is 13.2. The van der Waals surface area contributed by atoms with Gasteiger partial charge in [-0.05, 0) is 23.6 Å². The van der Waals surface area contributed by atoms with Crippen LogP contribution in [0, 0.1) is 0 Å². The minimum absolute atomic E-state index is 0.0741. The lowest BCUT2D eigenvalue weighted by Gasteiger charge is -2.09. The van der Waals surface area contributed by atoms with E-state index in [1.165, 1.54) is 11.3 Å². The van der Waals surface area contributed by atoms with Crippen LogP contribution in [-0.4, -0.2) is 10.8 Å². The van der Waals surface area contributed by atoms with E-state index in [0.29, 0.717) is 5.56 Å². The topological polar surface area (TPSA) is 56.0 Å². The maximum absolute atomic E-state index is 12.3. The van der Waals surface area contributed by atoms with Crippen molar-refractivity contribution in [2.75, 3.05) is 0 Å². The number of Topliss-reactive ketones (excluding diaryl/α,β-unsaturated/α-hetero) is 1. The van der Waals surface area contributed by atoms with Crippen molar-refractivity contribution in [2.24, 2.45) is 5.73 Å². The number of carbonyl (C=O) groups is 1. The first-order chi connectivity index (χ1) is 9.25. The number of carbonyl (C=O) groups excluding carboxylic acids is 1. The third-order valence-electron chi connectivity index (χ3n) is 3.02. The summed E-state index contributed by atoms with van der Waals surface area (Å²) in [5, 5.41) is 2.94. The number of nitrogens with zero attached hydrogens (tertiary/aromatic N) is 1. The first kappa shape index (κ1) is 12.0. The van der Waals surface area contributed by atoms with E-state index < -0.39 is 6.04 Å². The monoisotopic (exact) mass is 268 g/mol. The van der Waals surface area contributed by atoms with Crippen molar-refractivity contribution in [3.05, 3.63) is 64.5 Å². The van der Waals surface area contributed by atoms with Gasteiger partial charge in [0.15, 0.2) is 5.78 Å². The predicted molar refractivity (Wildman–Crippen MR) is 77.3 cm³/mol. The highest BCUT2D eigenvalue weighted by Gasteiger charge is 2.18. The molecule has 2 heterocycles. The molecule has 19 heavy (non-hydrogen) atoms. The molecule has 0 fully saturated rings. The Balaban J connectivity index is 1.97. The van der Waals surface area contributed by atoms with E-state index in [2.05, 4.69) is 4.98 Å². The zero-order valence-corrected chi connectivity index (χ0v) is 10.9. The molecule has 3 nitrogen and oxygen atoms in total. The largest absolute Gasteiger partial charge is 0.317 e. The van der Waals surface area contributed by atoms with Crippen LogP contribution < -0.4 is 5.73 Å². The van der Waals surface area contributed by atoms with Crippen molar-refractivity contribution < 1.29 is 4.79 Å². The third-order valence-corrected chi connectivity index (χ3v) is 3.98. The summed E-state index contributed by atoms with van der Waals surface area (Å²) < 4.78 is 0. The molecule has 0 spiro atoms. The Hall–Kier alpha value is -2.04. The Kier molecular flexibility index (Phi) is 3.11. The van der Waals surface area contributed by atoms with Gasteiger partial charge >= 0.3 is 0 Å². The zero-order valence-electron chi connectivity index (χ0n) is 10.1. The Morgan fingerprint density at radius 2 is 2.11 bits per heavy atom. The quantitative estimate of drug-likeness (QED) is 0.742. The second kappa shape index (κ2) is 4.91. The van der Waals surface area contributed by atoms with Gasteiger partial charge in [0.05, 0.1) is 5.52 Å². The van der Waals surface area contributed by atoms with Gasteiger partial charge in [0.1, 0.15) is 6.04 Å². The number of aromatic nitrogens is 1. The molecular weight excluding hydrogens is 256 g/mol. The summed E-state index contributed by atoms with van der Waals surface area (Å²) in [5.41, 5.74) is 7.42. The molecule has 3 aromatic rings. The molecule has 4 heteroatoms. The molecule has 1 aromatic carbocycles. The van der Waals surface area contributed by atoms with Crippen LogP contribution in [0.25, 0.3) is 10.9 Å². The van der Waals surface area contributed by atoms with Crippen LogP contribution in [0.3, 0.4) is 0 Å². The Labute approximate surface area is 114 Å². The van der Waals surface area contributed by atoms with Crippen molar-refractivity contribution in [2.45, 2.75) is 6.04 Å². The number of hydrogen-bond donors (Lipinski definition) is 1. The van der Waals surface area contributed by atoms with Gasteiger partial charge in [0, 0.05) is 22.0 Å². The van der Waals surface area contributed by atoms with E-state index in [0.717, 1.165) is 15.8 Å². The summed E-state index contributed by atoms with van der Waals surface area (Å²) in [6.45, 7) is 0. The van der Waals surface area contributed by atoms with Crippen LogP contribution in [0.15, 0.2) is 54.0 Å². The molecule has 0 aliphatic rings. The third kappa shape index (κ3) is 2.28. The number of hydrogen-bond acceptors (Lipinski definition) is 4. The highest BCUT2D eigenvalue weighted by Crippen LogP contribution is 2.22. The molecule has 0 aliphatic carbocycles. The minimum atomic E-state index is -0.596. The lowest BCUT2D eigenvalue weighted by atomic mass is 10.0. The summed E-state index contributed by atoms with van der Waals surface area (Å²) >= 11 is 1.50. The van der Waals surface area contributed by atoms with Crippen LogP contribution in [0.4, 0.5) is 0 Å². The van der Waals surface area contributed by atoms with E-state index in [1.54, 1.807) is 18.3 Å². The molecule has 3 rings (SSSR count). The fourth-order valence-electron chi connectivity index (χ4n) is 2.00. The first-order valence-electron chi connectivity index (χ1n) is 5.94. The minimum Gasteiger partial charge on any atom is -0.317 e. The average Bonchev–Trinajstić information content (AvgIpc) is 2.99. The van der Waals surface area contributed by atoms with Crippen molar-refractivity contribution in [1.82, 2.24) is 4.98 Å². The lowest BCUT2D eigenvalue weighted by Crippen LogP contribution is -2.20. The van der Waals surface area contributed by atoms with Gasteiger partial charge in [-0.1, -0.05) is 24.3 Å². The molecule has 2 N–H and O–H groups in total. The molecule has 0 saturated heterocycles. The molecule has 0 bridgehead atoms.